The molecule has 0 radical (unpaired) electrons. The van der Waals surface area contributed by atoms with E-state index in [1.807, 2.05) is 0 Å². The van der Waals surface area contributed by atoms with Crippen molar-refractivity contribution in [2.75, 3.05) is 6.54 Å². The van der Waals surface area contributed by atoms with E-state index < -0.39 is 0 Å². The third kappa shape index (κ3) is 2.28. The minimum absolute atomic E-state index is 0.262. The minimum atomic E-state index is 0.262. The summed E-state index contributed by atoms with van der Waals surface area (Å²) in [6, 6.07) is 0. The SMILES string of the molecule is O=C1CCC2(CCCCCCC2)CN1. The molecule has 1 saturated carbocycles. The van der Waals surface area contributed by atoms with Crippen LogP contribution in [0.15, 0.2) is 0 Å². The molecule has 1 aliphatic carbocycles. The van der Waals surface area contributed by atoms with E-state index >= 15 is 0 Å². The number of carbonyl (C=O) groups is 1. The molecule has 1 N–H and O–H groups in total. The Labute approximate surface area is 86.5 Å². The van der Waals surface area contributed by atoms with Crippen molar-refractivity contribution >= 4 is 5.91 Å². The van der Waals surface area contributed by atoms with Gasteiger partial charge in [-0.1, -0.05) is 32.1 Å². The smallest absolute Gasteiger partial charge is 0.220 e. The summed E-state index contributed by atoms with van der Waals surface area (Å²) in [6.45, 7) is 0.950. The Morgan fingerprint density at radius 1 is 0.929 bits per heavy atom. The molecule has 1 saturated heterocycles. The molecule has 1 aliphatic heterocycles. The monoisotopic (exact) mass is 195 g/mol. The second-order valence-corrected chi connectivity index (χ2v) is 5.04. The highest BCUT2D eigenvalue weighted by Gasteiger charge is 2.33. The fraction of sp³-hybridized carbons (Fsp3) is 0.917. The fourth-order valence-electron chi connectivity index (χ4n) is 2.92. The molecule has 0 aromatic heterocycles. The second-order valence-electron chi connectivity index (χ2n) is 5.04. The van der Waals surface area contributed by atoms with Crippen LogP contribution in [0.25, 0.3) is 0 Å². The van der Waals surface area contributed by atoms with Crippen LogP contribution in [0.2, 0.25) is 0 Å². The average molecular weight is 195 g/mol. The lowest BCUT2D eigenvalue weighted by Crippen LogP contribution is -2.43. The zero-order chi connectivity index (χ0) is 9.86. The number of amides is 1. The molecule has 2 aliphatic rings. The highest BCUT2D eigenvalue weighted by molar-refractivity contribution is 5.76. The molecule has 0 unspecified atom stereocenters. The van der Waals surface area contributed by atoms with Gasteiger partial charge in [-0.05, 0) is 24.7 Å². The van der Waals surface area contributed by atoms with E-state index in [1.54, 1.807) is 0 Å². The summed E-state index contributed by atoms with van der Waals surface area (Å²) in [7, 11) is 0. The summed E-state index contributed by atoms with van der Waals surface area (Å²) in [6.07, 6.45) is 11.5. The van der Waals surface area contributed by atoms with Gasteiger partial charge in [-0.3, -0.25) is 4.79 Å². The summed E-state index contributed by atoms with van der Waals surface area (Å²) in [5.41, 5.74) is 0.480. The van der Waals surface area contributed by atoms with Crippen molar-refractivity contribution in [1.29, 1.82) is 0 Å². The third-order valence-corrected chi connectivity index (χ3v) is 3.96. The lowest BCUT2D eigenvalue weighted by atomic mass is 9.71. The Balaban J connectivity index is 1.94. The van der Waals surface area contributed by atoms with E-state index in [4.69, 9.17) is 0 Å². The maximum absolute atomic E-state index is 11.1. The van der Waals surface area contributed by atoms with E-state index in [0.717, 1.165) is 19.4 Å². The summed E-state index contributed by atoms with van der Waals surface area (Å²) in [4.78, 5) is 11.1. The maximum Gasteiger partial charge on any atom is 0.220 e. The first-order valence-corrected chi connectivity index (χ1v) is 6.08. The number of piperidine rings is 1. The Bertz CT molecular complexity index is 192. The highest BCUT2D eigenvalue weighted by Crippen LogP contribution is 2.39. The van der Waals surface area contributed by atoms with Gasteiger partial charge in [0.2, 0.25) is 5.91 Å². The Kier molecular flexibility index (Phi) is 3.09. The van der Waals surface area contributed by atoms with Crippen LogP contribution in [0.3, 0.4) is 0 Å². The molecular formula is C12H21NO. The van der Waals surface area contributed by atoms with Crippen LogP contribution in [0.1, 0.15) is 57.8 Å². The molecule has 2 heteroatoms. The van der Waals surface area contributed by atoms with Gasteiger partial charge in [-0.2, -0.15) is 0 Å². The van der Waals surface area contributed by atoms with Crippen LogP contribution in [0, 0.1) is 5.41 Å². The number of hydrogen-bond acceptors (Lipinski definition) is 1. The zero-order valence-corrected chi connectivity index (χ0v) is 8.98. The number of carbonyl (C=O) groups excluding carboxylic acids is 1. The van der Waals surface area contributed by atoms with Crippen molar-refractivity contribution < 1.29 is 4.79 Å². The van der Waals surface area contributed by atoms with Crippen molar-refractivity contribution in [1.82, 2.24) is 5.32 Å². The van der Waals surface area contributed by atoms with Gasteiger partial charge in [0.1, 0.15) is 0 Å². The largest absolute Gasteiger partial charge is 0.356 e. The highest BCUT2D eigenvalue weighted by atomic mass is 16.1. The quantitative estimate of drug-likeness (QED) is 0.632. The van der Waals surface area contributed by atoms with Crippen LogP contribution < -0.4 is 5.32 Å². The topological polar surface area (TPSA) is 29.1 Å². The third-order valence-electron chi connectivity index (χ3n) is 3.96. The van der Waals surface area contributed by atoms with E-state index in [-0.39, 0.29) is 5.91 Å². The van der Waals surface area contributed by atoms with Crippen LogP contribution in [0.4, 0.5) is 0 Å². The summed E-state index contributed by atoms with van der Waals surface area (Å²) >= 11 is 0. The first-order valence-electron chi connectivity index (χ1n) is 6.08. The number of nitrogens with one attached hydrogen (secondary N) is 1. The minimum Gasteiger partial charge on any atom is -0.356 e. The molecule has 2 fully saturated rings. The normalized spacial score (nSPS) is 27.9. The Morgan fingerprint density at radius 3 is 2.14 bits per heavy atom. The molecule has 80 valence electrons. The molecule has 14 heavy (non-hydrogen) atoms. The second kappa shape index (κ2) is 4.33. The Morgan fingerprint density at radius 2 is 1.57 bits per heavy atom. The summed E-state index contributed by atoms with van der Waals surface area (Å²) < 4.78 is 0. The molecule has 0 aromatic carbocycles. The zero-order valence-electron chi connectivity index (χ0n) is 8.98. The van der Waals surface area contributed by atoms with Gasteiger partial charge in [-0.15, -0.1) is 0 Å². The van der Waals surface area contributed by atoms with Gasteiger partial charge in [0, 0.05) is 13.0 Å². The number of rotatable bonds is 0. The van der Waals surface area contributed by atoms with Crippen LogP contribution >= 0.6 is 0 Å². The number of hydrogen-bond donors (Lipinski definition) is 1. The van der Waals surface area contributed by atoms with Gasteiger partial charge < -0.3 is 5.32 Å². The molecule has 1 spiro atoms. The average Bonchev–Trinajstić information content (AvgIpc) is 2.16. The summed E-state index contributed by atoms with van der Waals surface area (Å²) in [5.74, 6) is 0.262. The van der Waals surface area contributed by atoms with Gasteiger partial charge in [0.25, 0.3) is 0 Å². The molecule has 1 amide bonds. The predicted molar refractivity (Wildman–Crippen MR) is 57.0 cm³/mol. The van der Waals surface area contributed by atoms with Crippen LogP contribution in [0.5, 0.6) is 0 Å². The molecular weight excluding hydrogens is 174 g/mol. The van der Waals surface area contributed by atoms with Gasteiger partial charge in [-0.25, -0.2) is 0 Å². The molecule has 0 atom stereocenters. The van der Waals surface area contributed by atoms with Gasteiger partial charge in [0.05, 0.1) is 0 Å². The van der Waals surface area contributed by atoms with Crippen molar-refractivity contribution in [3.8, 4) is 0 Å². The molecule has 2 nitrogen and oxygen atoms in total. The van der Waals surface area contributed by atoms with Gasteiger partial charge >= 0.3 is 0 Å². The van der Waals surface area contributed by atoms with E-state index in [2.05, 4.69) is 5.32 Å². The lowest BCUT2D eigenvalue weighted by molar-refractivity contribution is -0.124. The first kappa shape index (κ1) is 10.0. The fourth-order valence-corrected chi connectivity index (χ4v) is 2.92. The molecule has 0 bridgehead atoms. The summed E-state index contributed by atoms with van der Waals surface area (Å²) in [5, 5.41) is 3.05. The van der Waals surface area contributed by atoms with Crippen LogP contribution in [-0.2, 0) is 4.79 Å². The molecule has 0 aromatic rings. The molecule has 1 heterocycles. The predicted octanol–water partition coefficient (Wildman–Crippen LogP) is 2.63. The van der Waals surface area contributed by atoms with E-state index in [9.17, 15) is 4.79 Å². The van der Waals surface area contributed by atoms with Gasteiger partial charge in [0.15, 0.2) is 0 Å². The van der Waals surface area contributed by atoms with Crippen molar-refractivity contribution in [2.24, 2.45) is 5.41 Å². The Hall–Kier alpha value is -0.530. The maximum atomic E-state index is 11.1. The van der Waals surface area contributed by atoms with Crippen molar-refractivity contribution in [3.63, 3.8) is 0 Å². The first-order chi connectivity index (χ1) is 6.81. The van der Waals surface area contributed by atoms with Crippen LogP contribution in [-0.4, -0.2) is 12.5 Å². The van der Waals surface area contributed by atoms with E-state index in [1.165, 1.54) is 44.9 Å². The molecule has 2 rings (SSSR count). The van der Waals surface area contributed by atoms with E-state index in [0.29, 0.717) is 5.41 Å². The van der Waals surface area contributed by atoms with Crippen molar-refractivity contribution in [2.45, 2.75) is 57.8 Å². The van der Waals surface area contributed by atoms with Crippen molar-refractivity contribution in [3.05, 3.63) is 0 Å². The standard InChI is InChI=1S/C12H21NO/c14-11-6-9-12(10-13-11)7-4-2-1-3-5-8-12/h1-10H2,(H,13,14). The lowest BCUT2D eigenvalue weighted by Gasteiger charge is -2.38.